The van der Waals surface area contributed by atoms with Crippen LogP contribution in [0, 0.1) is 0 Å². The summed E-state index contributed by atoms with van der Waals surface area (Å²) in [5.74, 6) is 0. The van der Waals surface area contributed by atoms with Crippen molar-refractivity contribution in [2.75, 3.05) is 40.0 Å². The van der Waals surface area contributed by atoms with Crippen molar-refractivity contribution in [2.24, 2.45) is 0 Å². The summed E-state index contributed by atoms with van der Waals surface area (Å²) in [6.45, 7) is 3.06. The first kappa shape index (κ1) is 15.2. The minimum absolute atomic E-state index is 0.216. The third-order valence-corrected chi connectivity index (χ3v) is 4.15. The second-order valence-corrected chi connectivity index (χ2v) is 5.71. The lowest BCUT2D eigenvalue weighted by Gasteiger charge is -2.26. The molecule has 1 aliphatic heterocycles. The van der Waals surface area contributed by atoms with Crippen LogP contribution in [0.4, 0.5) is 0 Å². The van der Waals surface area contributed by atoms with Crippen molar-refractivity contribution in [3.63, 3.8) is 0 Å². The Morgan fingerprint density at radius 2 is 2.21 bits per heavy atom. The summed E-state index contributed by atoms with van der Waals surface area (Å²) in [5, 5.41) is 13.1. The van der Waals surface area contributed by atoms with Crippen molar-refractivity contribution in [1.82, 2.24) is 5.32 Å². The molecular formula is C14H27NO4. The van der Waals surface area contributed by atoms with E-state index in [9.17, 15) is 5.11 Å². The molecule has 1 saturated carbocycles. The third kappa shape index (κ3) is 4.68. The molecule has 1 saturated heterocycles. The van der Waals surface area contributed by atoms with Gasteiger partial charge >= 0.3 is 0 Å². The first-order chi connectivity index (χ1) is 9.24. The number of methoxy groups -OCH3 is 1. The fraction of sp³-hybridized carbons (Fsp3) is 1.00. The highest BCUT2D eigenvalue weighted by Crippen LogP contribution is 2.22. The van der Waals surface area contributed by atoms with Crippen LogP contribution in [-0.2, 0) is 14.2 Å². The van der Waals surface area contributed by atoms with Gasteiger partial charge in [0.15, 0.2) is 0 Å². The number of aliphatic hydroxyl groups is 1. The number of aliphatic hydroxyl groups excluding tert-OH is 1. The van der Waals surface area contributed by atoms with E-state index in [1.807, 2.05) is 0 Å². The molecule has 5 nitrogen and oxygen atoms in total. The molecule has 0 radical (unpaired) electrons. The zero-order chi connectivity index (χ0) is 13.6. The average molecular weight is 273 g/mol. The van der Waals surface area contributed by atoms with Crippen LogP contribution in [0.3, 0.4) is 0 Å². The highest BCUT2D eigenvalue weighted by Gasteiger charge is 2.34. The molecular weight excluding hydrogens is 246 g/mol. The van der Waals surface area contributed by atoms with Crippen LogP contribution in [0.5, 0.6) is 0 Å². The van der Waals surface area contributed by atoms with E-state index in [-0.39, 0.29) is 5.60 Å². The fourth-order valence-corrected chi connectivity index (χ4v) is 2.79. The lowest BCUT2D eigenvalue weighted by Crippen LogP contribution is -2.45. The minimum Gasteiger partial charge on any atom is -0.389 e. The van der Waals surface area contributed by atoms with Crippen molar-refractivity contribution in [1.29, 1.82) is 0 Å². The van der Waals surface area contributed by atoms with Gasteiger partial charge in [-0.05, 0) is 12.8 Å². The molecule has 0 spiro atoms. The van der Waals surface area contributed by atoms with E-state index in [2.05, 4.69) is 5.32 Å². The summed E-state index contributed by atoms with van der Waals surface area (Å²) in [6, 6.07) is 0. The Balaban J connectivity index is 1.56. The first-order valence-corrected chi connectivity index (χ1v) is 7.37. The van der Waals surface area contributed by atoms with Crippen LogP contribution in [0.25, 0.3) is 0 Å². The first-order valence-electron chi connectivity index (χ1n) is 7.37. The van der Waals surface area contributed by atoms with Crippen molar-refractivity contribution >= 4 is 0 Å². The molecule has 1 aliphatic carbocycles. The molecule has 2 fully saturated rings. The quantitative estimate of drug-likeness (QED) is 0.682. The maximum atomic E-state index is 9.88. The summed E-state index contributed by atoms with van der Waals surface area (Å²) in [5.41, 5.74) is -0.216. The average Bonchev–Trinajstić information content (AvgIpc) is 3.08. The number of hydrogen-bond donors (Lipinski definition) is 2. The van der Waals surface area contributed by atoms with E-state index in [4.69, 9.17) is 14.2 Å². The second kappa shape index (κ2) is 7.55. The van der Waals surface area contributed by atoms with Gasteiger partial charge in [0.1, 0.15) is 5.60 Å². The molecule has 2 atom stereocenters. The lowest BCUT2D eigenvalue weighted by molar-refractivity contribution is -0.0252. The number of nitrogens with one attached hydrogen (secondary N) is 1. The van der Waals surface area contributed by atoms with Gasteiger partial charge in [0.05, 0.1) is 25.4 Å². The minimum atomic E-state index is -0.447. The van der Waals surface area contributed by atoms with Crippen LogP contribution in [0.1, 0.15) is 32.1 Å². The Morgan fingerprint density at radius 1 is 1.42 bits per heavy atom. The molecule has 0 aromatic heterocycles. The maximum absolute atomic E-state index is 9.88. The van der Waals surface area contributed by atoms with Gasteiger partial charge in [-0.25, -0.2) is 0 Å². The van der Waals surface area contributed by atoms with Crippen LogP contribution < -0.4 is 5.32 Å². The Hall–Kier alpha value is -0.200. The molecule has 0 amide bonds. The normalized spacial score (nSPS) is 30.0. The molecule has 5 heteroatoms. The van der Waals surface area contributed by atoms with Gasteiger partial charge in [0.2, 0.25) is 0 Å². The summed E-state index contributed by atoms with van der Waals surface area (Å²) in [4.78, 5) is 0. The molecule has 2 rings (SSSR count). The number of hydrogen-bond acceptors (Lipinski definition) is 5. The zero-order valence-electron chi connectivity index (χ0n) is 11.9. The van der Waals surface area contributed by atoms with E-state index in [0.717, 1.165) is 25.9 Å². The summed E-state index contributed by atoms with van der Waals surface area (Å²) in [6.07, 6.45) is 5.63. The second-order valence-electron chi connectivity index (χ2n) is 5.71. The topological polar surface area (TPSA) is 60.0 Å². The standard InChI is InChI=1S/C14H27NO4/c1-17-14(6-7-18-11-14)10-15-8-12(16)9-19-13-4-2-3-5-13/h12-13,15-16H,2-11H2,1H3. The molecule has 112 valence electrons. The highest BCUT2D eigenvalue weighted by molar-refractivity contribution is 4.87. The van der Waals surface area contributed by atoms with E-state index >= 15 is 0 Å². The van der Waals surface area contributed by atoms with E-state index < -0.39 is 6.10 Å². The van der Waals surface area contributed by atoms with Gasteiger partial charge in [-0.3, -0.25) is 0 Å². The van der Waals surface area contributed by atoms with Crippen molar-refractivity contribution < 1.29 is 19.3 Å². The number of ether oxygens (including phenoxy) is 3. The molecule has 2 N–H and O–H groups in total. The Bertz CT molecular complexity index is 250. The maximum Gasteiger partial charge on any atom is 0.106 e. The Kier molecular flexibility index (Phi) is 6.04. The Morgan fingerprint density at radius 3 is 2.84 bits per heavy atom. The van der Waals surface area contributed by atoms with Crippen molar-refractivity contribution in [3.05, 3.63) is 0 Å². The van der Waals surface area contributed by atoms with E-state index in [1.54, 1.807) is 7.11 Å². The molecule has 1 heterocycles. The van der Waals surface area contributed by atoms with Crippen LogP contribution in [-0.4, -0.2) is 62.9 Å². The predicted octanol–water partition coefficient (Wildman–Crippen LogP) is 0.702. The number of rotatable bonds is 8. The summed E-state index contributed by atoms with van der Waals surface area (Å²) >= 11 is 0. The fourth-order valence-electron chi connectivity index (χ4n) is 2.79. The predicted molar refractivity (Wildman–Crippen MR) is 72.3 cm³/mol. The largest absolute Gasteiger partial charge is 0.389 e. The van der Waals surface area contributed by atoms with E-state index in [1.165, 1.54) is 12.8 Å². The van der Waals surface area contributed by atoms with Crippen LogP contribution in [0.15, 0.2) is 0 Å². The molecule has 2 aliphatic rings. The monoisotopic (exact) mass is 273 g/mol. The van der Waals surface area contributed by atoms with Crippen molar-refractivity contribution in [3.8, 4) is 0 Å². The Labute approximate surface area is 115 Å². The van der Waals surface area contributed by atoms with Crippen molar-refractivity contribution in [2.45, 2.75) is 49.9 Å². The molecule has 0 bridgehead atoms. The summed E-state index contributed by atoms with van der Waals surface area (Å²) in [7, 11) is 1.72. The smallest absolute Gasteiger partial charge is 0.106 e. The van der Waals surface area contributed by atoms with E-state index in [0.29, 0.717) is 32.4 Å². The van der Waals surface area contributed by atoms with Gasteiger partial charge in [-0.2, -0.15) is 0 Å². The van der Waals surface area contributed by atoms with Crippen LogP contribution >= 0.6 is 0 Å². The molecule has 2 unspecified atom stereocenters. The molecule has 0 aromatic carbocycles. The van der Waals surface area contributed by atoms with Gasteiger partial charge in [0.25, 0.3) is 0 Å². The van der Waals surface area contributed by atoms with Gasteiger partial charge in [0, 0.05) is 33.2 Å². The van der Waals surface area contributed by atoms with Gasteiger partial charge < -0.3 is 24.6 Å². The molecule has 0 aromatic rings. The molecule has 19 heavy (non-hydrogen) atoms. The highest BCUT2D eigenvalue weighted by atomic mass is 16.5. The SMILES string of the molecule is COC1(CNCC(O)COC2CCCC2)CCOC1. The third-order valence-electron chi connectivity index (χ3n) is 4.15. The van der Waals surface area contributed by atoms with Gasteiger partial charge in [-0.15, -0.1) is 0 Å². The van der Waals surface area contributed by atoms with Gasteiger partial charge in [-0.1, -0.05) is 12.8 Å². The zero-order valence-corrected chi connectivity index (χ0v) is 11.9. The summed E-state index contributed by atoms with van der Waals surface area (Å²) < 4.78 is 16.6. The lowest BCUT2D eigenvalue weighted by atomic mass is 10.0. The van der Waals surface area contributed by atoms with Crippen LogP contribution in [0.2, 0.25) is 0 Å².